The van der Waals surface area contributed by atoms with Crippen molar-refractivity contribution < 1.29 is 0 Å². The van der Waals surface area contributed by atoms with Crippen LogP contribution >= 0.6 is 0 Å². The summed E-state index contributed by atoms with van der Waals surface area (Å²) < 4.78 is 1.34. The van der Waals surface area contributed by atoms with E-state index in [1.165, 1.54) is 10.8 Å². The minimum absolute atomic E-state index is 0.115. The molecule has 0 bridgehead atoms. The number of nitrogens with zero attached hydrogens (tertiary/aromatic N) is 4. The fraction of sp³-hybridized carbons (Fsp3) is 0.583. The maximum atomic E-state index is 11.8. The molecule has 0 amide bonds. The Hall–Kier alpha value is -1.73. The maximum Gasteiger partial charge on any atom is 0.274 e. The second-order valence-corrected chi connectivity index (χ2v) is 5.00. The van der Waals surface area contributed by atoms with E-state index >= 15 is 0 Å². The van der Waals surface area contributed by atoms with Crippen LogP contribution in [0, 0.1) is 0 Å². The molecule has 7 heteroatoms. The number of H-pyrrole nitrogens is 1. The van der Waals surface area contributed by atoms with Crippen LogP contribution in [0.15, 0.2) is 17.2 Å². The van der Waals surface area contributed by atoms with Gasteiger partial charge in [-0.1, -0.05) is 0 Å². The fourth-order valence-corrected chi connectivity index (χ4v) is 2.58. The number of aromatic amines is 1. The first-order valence-electron chi connectivity index (χ1n) is 6.57. The SMILES string of the molecule is CN(Cc1cc(=O)n2[nH]cnc2n1)C1CCNCC1. The summed E-state index contributed by atoms with van der Waals surface area (Å²) >= 11 is 0. The van der Waals surface area contributed by atoms with Gasteiger partial charge < -0.3 is 5.32 Å². The second kappa shape index (κ2) is 5.10. The van der Waals surface area contributed by atoms with Crippen LogP contribution in [-0.4, -0.2) is 50.7 Å². The van der Waals surface area contributed by atoms with Gasteiger partial charge in [0.15, 0.2) is 0 Å². The molecule has 0 unspecified atom stereocenters. The molecule has 2 N–H and O–H groups in total. The Morgan fingerprint density at radius 3 is 3.05 bits per heavy atom. The molecule has 0 saturated carbocycles. The monoisotopic (exact) mass is 262 g/mol. The molecule has 0 aromatic carbocycles. The standard InChI is InChI=1S/C12H18N6O/c1-17(10-2-4-13-5-3-10)7-9-6-11(19)18-12(16-9)14-8-15-18/h6,8,10,13H,2-5,7H2,1H3,(H,14,15,16). The highest BCUT2D eigenvalue weighted by atomic mass is 16.1. The number of piperidine rings is 1. The van der Waals surface area contributed by atoms with Crippen LogP contribution in [-0.2, 0) is 6.54 Å². The normalized spacial score (nSPS) is 17.4. The summed E-state index contributed by atoms with van der Waals surface area (Å²) in [7, 11) is 2.09. The van der Waals surface area contributed by atoms with Gasteiger partial charge in [0.2, 0.25) is 0 Å². The summed E-state index contributed by atoms with van der Waals surface area (Å²) in [5.74, 6) is 0.432. The molecule has 0 spiro atoms. The lowest BCUT2D eigenvalue weighted by atomic mass is 10.1. The first kappa shape index (κ1) is 12.3. The predicted molar refractivity (Wildman–Crippen MR) is 71.0 cm³/mol. The molecule has 3 heterocycles. The molecular weight excluding hydrogens is 244 g/mol. The molecule has 1 aliphatic heterocycles. The van der Waals surface area contributed by atoms with E-state index in [2.05, 4.69) is 32.3 Å². The third kappa shape index (κ3) is 2.52. The average molecular weight is 262 g/mol. The maximum absolute atomic E-state index is 11.8. The van der Waals surface area contributed by atoms with Crippen molar-refractivity contribution in [2.45, 2.75) is 25.4 Å². The lowest BCUT2D eigenvalue weighted by Gasteiger charge is -2.31. The van der Waals surface area contributed by atoms with Crippen LogP contribution in [0.3, 0.4) is 0 Å². The molecule has 1 saturated heterocycles. The van der Waals surface area contributed by atoms with E-state index in [0.717, 1.165) is 31.6 Å². The molecule has 0 aliphatic carbocycles. The van der Waals surface area contributed by atoms with Crippen molar-refractivity contribution in [1.82, 2.24) is 29.8 Å². The van der Waals surface area contributed by atoms with Crippen LogP contribution in [0.5, 0.6) is 0 Å². The highest BCUT2D eigenvalue weighted by Crippen LogP contribution is 2.12. The van der Waals surface area contributed by atoms with Gasteiger partial charge in [-0.2, -0.15) is 4.52 Å². The van der Waals surface area contributed by atoms with Crippen molar-refractivity contribution in [2.24, 2.45) is 0 Å². The molecule has 2 aromatic heterocycles. The van der Waals surface area contributed by atoms with Gasteiger partial charge in [-0.3, -0.25) is 14.8 Å². The molecule has 0 atom stereocenters. The minimum atomic E-state index is -0.115. The zero-order valence-electron chi connectivity index (χ0n) is 11.0. The van der Waals surface area contributed by atoms with Crippen molar-refractivity contribution in [1.29, 1.82) is 0 Å². The lowest BCUT2D eigenvalue weighted by Crippen LogP contribution is -2.41. The van der Waals surface area contributed by atoms with E-state index in [-0.39, 0.29) is 5.56 Å². The van der Waals surface area contributed by atoms with Gasteiger partial charge in [-0.25, -0.2) is 9.97 Å². The highest BCUT2D eigenvalue weighted by molar-refractivity contribution is 5.25. The number of rotatable bonds is 3. The Kier molecular flexibility index (Phi) is 3.31. The van der Waals surface area contributed by atoms with Crippen LogP contribution in [0.1, 0.15) is 18.5 Å². The fourth-order valence-electron chi connectivity index (χ4n) is 2.58. The molecule has 1 fully saturated rings. The van der Waals surface area contributed by atoms with Crippen LogP contribution < -0.4 is 10.9 Å². The Morgan fingerprint density at radius 2 is 2.26 bits per heavy atom. The van der Waals surface area contributed by atoms with Crippen molar-refractivity contribution in [3.8, 4) is 0 Å². The number of hydrogen-bond donors (Lipinski definition) is 2. The predicted octanol–water partition coefficient (Wildman–Crippen LogP) is -0.399. The Labute approximate surface area is 110 Å². The average Bonchev–Trinajstić information content (AvgIpc) is 2.88. The smallest absolute Gasteiger partial charge is 0.274 e. The van der Waals surface area contributed by atoms with E-state index in [1.54, 1.807) is 6.07 Å². The third-order valence-electron chi connectivity index (χ3n) is 3.66. The molecule has 102 valence electrons. The number of hydrogen-bond acceptors (Lipinski definition) is 5. The summed E-state index contributed by atoms with van der Waals surface area (Å²) in [4.78, 5) is 22.5. The molecular formula is C12H18N6O. The van der Waals surface area contributed by atoms with Gasteiger partial charge >= 0.3 is 0 Å². The number of nitrogens with one attached hydrogen (secondary N) is 2. The zero-order valence-corrected chi connectivity index (χ0v) is 11.0. The summed E-state index contributed by atoms with van der Waals surface area (Å²) in [5.41, 5.74) is 0.661. The van der Waals surface area contributed by atoms with Crippen molar-refractivity contribution in [3.63, 3.8) is 0 Å². The Balaban J connectivity index is 1.78. The lowest BCUT2D eigenvalue weighted by molar-refractivity contribution is 0.190. The van der Waals surface area contributed by atoms with Gasteiger partial charge in [0.25, 0.3) is 11.3 Å². The summed E-state index contributed by atoms with van der Waals surface area (Å²) in [5, 5.41) is 6.09. The molecule has 3 rings (SSSR count). The third-order valence-corrected chi connectivity index (χ3v) is 3.66. The van der Waals surface area contributed by atoms with E-state index in [9.17, 15) is 4.79 Å². The largest absolute Gasteiger partial charge is 0.317 e. The van der Waals surface area contributed by atoms with E-state index < -0.39 is 0 Å². The van der Waals surface area contributed by atoms with Gasteiger partial charge in [0.05, 0.1) is 5.69 Å². The minimum Gasteiger partial charge on any atom is -0.317 e. The molecule has 0 radical (unpaired) electrons. The zero-order chi connectivity index (χ0) is 13.2. The van der Waals surface area contributed by atoms with Crippen molar-refractivity contribution in [3.05, 3.63) is 28.4 Å². The summed E-state index contributed by atoms with van der Waals surface area (Å²) in [6.45, 7) is 2.80. The van der Waals surface area contributed by atoms with Crippen LogP contribution in [0.4, 0.5) is 0 Å². The second-order valence-electron chi connectivity index (χ2n) is 5.00. The van der Waals surface area contributed by atoms with Gasteiger partial charge in [0, 0.05) is 18.7 Å². The van der Waals surface area contributed by atoms with Crippen LogP contribution in [0.2, 0.25) is 0 Å². The molecule has 1 aliphatic rings. The van der Waals surface area contributed by atoms with Gasteiger partial charge in [-0.05, 0) is 33.0 Å². The Bertz CT molecular complexity index is 612. The van der Waals surface area contributed by atoms with Crippen LogP contribution in [0.25, 0.3) is 5.78 Å². The summed E-state index contributed by atoms with van der Waals surface area (Å²) in [6, 6.07) is 2.13. The summed E-state index contributed by atoms with van der Waals surface area (Å²) in [6.07, 6.45) is 3.75. The van der Waals surface area contributed by atoms with Crippen molar-refractivity contribution >= 4 is 5.78 Å². The first-order valence-corrected chi connectivity index (χ1v) is 6.57. The number of aromatic nitrogens is 4. The molecule has 19 heavy (non-hydrogen) atoms. The van der Waals surface area contributed by atoms with E-state index in [4.69, 9.17) is 0 Å². The van der Waals surface area contributed by atoms with E-state index in [1.807, 2.05) is 0 Å². The Morgan fingerprint density at radius 1 is 1.47 bits per heavy atom. The van der Waals surface area contributed by atoms with Gasteiger partial charge in [0.1, 0.15) is 6.33 Å². The highest BCUT2D eigenvalue weighted by Gasteiger charge is 2.18. The molecule has 7 nitrogen and oxygen atoms in total. The topological polar surface area (TPSA) is 78.3 Å². The van der Waals surface area contributed by atoms with E-state index in [0.29, 0.717) is 18.4 Å². The first-order chi connectivity index (χ1) is 9.24. The van der Waals surface area contributed by atoms with Gasteiger partial charge in [-0.15, -0.1) is 0 Å². The number of fused-ring (bicyclic) bond motifs is 1. The molecule has 2 aromatic rings. The van der Waals surface area contributed by atoms with Crippen molar-refractivity contribution in [2.75, 3.05) is 20.1 Å². The quantitative estimate of drug-likeness (QED) is 0.787.